The Labute approximate surface area is 116 Å². The highest BCUT2D eigenvalue weighted by Crippen LogP contribution is 2.09. The molecule has 0 atom stereocenters. The van der Waals surface area contributed by atoms with E-state index < -0.39 is 11.2 Å². The van der Waals surface area contributed by atoms with Crippen LogP contribution < -0.4 is 5.43 Å². The number of benzene rings is 1. The van der Waals surface area contributed by atoms with Gasteiger partial charge in [-0.15, -0.1) is 0 Å². The zero-order valence-corrected chi connectivity index (χ0v) is 11.2. The van der Waals surface area contributed by atoms with Crippen molar-refractivity contribution in [2.45, 2.75) is 13.0 Å². The van der Waals surface area contributed by atoms with Gasteiger partial charge in [0.2, 0.25) is 5.43 Å². The SMILES string of the molecule is CN(CCc1ccccc1F)Cc1cc(=O)c(O)co1. The van der Waals surface area contributed by atoms with Gasteiger partial charge in [-0.25, -0.2) is 4.39 Å². The molecular weight excluding hydrogens is 261 g/mol. The third kappa shape index (κ3) is 3.68. The van der Waals surface area contributed by atoms with Gasteiger partial charge in [-0.3, -0.25) is 9.69 Å². The number of hydrogen-bond acceptors (Lipinski definition) is 4. The number of halogens is 1. The maximum atomic E-state index is 13.5. The van der Waals surface area contributed by atoms with E-state index in [4.69, 9.17) is 9.52 Å². The average Bonchev–Trinajstić information content (AvgIpc) is 2.42. The molecule has 0 saturated carbocycles. The Morgan fingerprint density at radius 1 is 1.35 bits per heavy atom. The third-order valence-corrected chi connectivity index (χ3v) is 3.01. The molecule has 0 fully saturated rings. The molecule has 0 saturated heterocycles. The maximum absolute atomic E-state index is 13.5. The van der Waals surface area contributed by atoms with Crippen LogP contribution >= 0.6 is 0 Å². The second kappa shape index (κ2) is 6.34. The van der Waals surface area contributed by atoms with Gasteiger partial charge in [0.05, 0.1) is 6.54 Å². The van der Waals surface area contributed by atoms with Crippen LogP contribution in [-0.4, -0.2) is 23.6 Å². The second-order valence-electron chi connectivity index (χ2n) is 4.68. The standard InChI is InChI=1S/C15H16FNO3/c1-17(7-6-11-4-2-3-5-13(11)16)9-12-8-14(18)15(19)10-20-12/h2-5,8,10,19H,6-7,9H2,1H3. The minimum Gasteiger partial charge on any atom is -0.502 e. The fourth-order valence-corrected chi connectivity index (χ4v) is 1.88. The number of nitrogens with zero attached hydrogens (tertiary/aromatic N) is 1. The molecule has 0 aliphatic heterocycles. The molecule has 1 heterocycles. The highest BCUT2D eigenvalue weighted by atomic mass is 19.1. The zero-order valence-electron chi connectivity index (χ0n) is 11.2. The van der Waals surface area contributed by atoms with Crippen molar-refractivity contribution >= 4 is 0 Å². The number of hydrogen-bond donors (Lipinski definition) is 1. The summed E-state index contributed by atoms with van der Waals surface area (Å²) in [6.07, 6.45) is 1.61. The molecule has 4 nitrogen and oxygen atoms in total. The molecule has 5 heteroatoms. The summed E-state index contributed by atoms with van der Waals surface area (Å²) in [5, 5.41) is 9.10. The van der Waals surface area contributed by atoms with Crippen molar-refractivity contribution < 1.29 is 13.9 Å². The number of likely N-dealkylation sites (N-methyl/N-ethyl adjacent to an activating group) is 1. The Balaban J connectivity index is 1.92. The first-order valence-electron chi connectivity index (χ1n) is 6.29. The quantitative estimate of drug-likeness (QED) is 0.910. The fourth-order valence-electron chi connectivity index (χ4n) is 1.88. The van der Waals surface area contributed by atoms with Crippen LogP contribution in [0.2, 0.25) is 0 Å². The molecule has 0 radical (unpaired) electrons. The first-order chi connectivity index (χ1) is 9.56. The highest BCUT2D eigenvalue weighted by molar-refractivity contribution is 5.18. The van der Waals surface area contributed by atoms with E-state index in [-0.39, 0.29) is 5.82 Å². The Hall–Kier alpha value is -2.14. The first kappa shape index (κ1) is 14.3. The van der Waals surface area contributed by atoms with Crippen LogP contribution in [0.15, 0.2) is 45.8 Å². The molecule has 1 N–H and O–H groups in total. The van der Waals surface area contributed by atoms with Crippen LogP contribution in [0.25, 0.3) is 0 Å². The Bertz CT molecular complexity index is 639. The summed E-state index contributed by atoms with van der Waals surface area (Å²) in [4.78, 5) is 13.2. The van der Waals surface area contributed by atoms with Crippen LogP contribution in [0.1, 0.15) is 11.3 Å². The maximum Gasteiger partial charge on any atom is 0.226 e. The van der Waals surface area contributed by atoms with E-state index in [0.29, 0.717) is 30.8 Å². The third-order valence-electron chi connectivity index (χ3n) is 3.01. The number of rotatable bonds is 5. The largest absolute Gasteiger partial charge is 0.502 e. The molecular formula is C15H16FNO3. The lowest BCUT2D eigenvalue weighted by Crippen LogP contribution is -2.21. The van der Waals surface area contributed by atoms with Gasteiger partial charge >= 0.3 is 0 Å². The van der Waals surface area contributed by atoms with Gasteiger partial charge in [-0.05, 0) is 25.1 Å². The summed E-state index contributed by atoms with van der Waals surface area (Å²) in [6.45, 7) is 1.05. The summed E-state index contributed by atoms with van der Waals surface area (Å²) >= 11 is 0. The fraction of sp³-hybridized carbons (Fsp3) is 0.267. The molecule has 106 valence electrons. The minimum absolute atomic E-state index is 0.211. The van der Waals surface area contributed by atoms with E-state index in [1.807, 2.05) is 11.9 Å². The van der Waals surface area contributed by atoms with Crippen molar-refractivity contribution in [1.82, 2.24) is 4.90 Å². The van der Waals surface area contributed by atoms with Crippen molar-refractivity contribution in [2.24, 2.45) is 0 Å². The molecule has 20 heavy (non-hydrogen) atoms. The van der Waals surface area contributed by atoms with E-state index in [9.17, 15) is 9.18 Å². The predicted octanol–water partition coefficient (Wildman–Crippen LogP) is 2.16. The summed E-state index contributed by atoms with van der Waals surface area (Å²) in [5.41, 5.74) is 0.195. The van der Waals surface area contributed by atoms with Crippen LogP contribution in [0.3, 0.4) is 0 Å². The molecule has 1 aromatic heterocycles. The highest BCUT2D eigenvalue weighted by Gasteiger charge is 2.07. The monoisotopic (exact) mass is 277 g/mol. The van der Waals surface area contributed by atoms with Gasteiger partial charge in [0.25, 0.3) is 0 Å². The average molecular weight is 277 g/mol. The molecule has 2 rings (SSSR count). The summed E-state index contributed by atoms with van der Waals surface area (Å²) in [7, 11) is 1.85. The van der Waals surface area contributed by atoms with Crippen molar-refractivity contribution in [3.63, 3.8) is 0 Å². The van der Waals surface area contributed by atoms with Gasteiger partial charge < -0.3 is 9.52 Å². The first-order valence-corrected chi connectivity index (χ1v) is 6.29. The van der Waals surface area contributed by atoms with Gasteiger partial charge in [0.15, 0.2) is 5.75 Å². The minimum atomic E-state index is -0.464. The molecule has 0 unspecified atom stereocenters. The molecule has 1 aromatic carbocycles. The van der Waals surface area contributed by atoms with Crippen LogP contribution in [0.4, 0.5) is 4.39 Å². The van der Waals surface area contributed by atoms with Gasteiger partial charge in [-0.1, -0.05) is 18.2 Å². The predicted molar refractivity (Wildman–Crippen MR) is 73.1 cm³/mol. The van der Waals surface area contributed by atoms with Crippen molar-refractivity contribution in [3.8, 4) is 5.75 Å². The van der Waals surface area contributed by atoms with E-state index in [1.165, 1.54) is 12.1 Å². The molecule has 0 amide bonds. The van der Waals surface area contributed by atoms with Crippen molar-refractivity contribution in [1.29, 1.82) is 0 Å². The lowest BCUT2D eigenvalue weighted by Gasteiger charge is -2.15. The van der Waals surface area contributed by atoms with E-state index >= 15 is 0 Å². The number of aromatic hydroxyl groups is 1. The second-order valence-corrected chi connectivity index (χ2v) is 4.68. The van der Waals surface area contributed by atoms with E-state index in [2.05, 4.69) is 0 Å². The normalized spacial score (nSPS) is 10.9. The lowest BCUT2D eigenvalue weighted by atomic mass is 10.1. The van der Waals surface area contributed by atoms with E-state index in [1.54, 1.807) is 18.2 Å². The van der Waals surface area contributed by atoms with Gasteiger partial charge in [0, 0.05) is 12.6 Å². The van der Waals surface area contributed by atoms with Crippen molar-refractivity contribution in [2.75, 3.05) is 13.6 Å². The molecule has 0 aliphatic carbocycles. The Morgan fingerprint density at radius 2 is 2.10 bits per heavy atom. The van der Waals surface area contributed by atoms with Crippen LogP contribution in [0, 0.1) is 5.82 Å². The van der Waals surface area contributed by atoms with Crippen LogP contribution in [0.5, 0.6) is 5.75 Å². The Kier molecular flexibility index (Phi) is 4.53. The van der Waals surface area contributed by atoms with E-state index in [0.717, 1.165) is 6.26 Å². The van der Waals surface area contributed by atoms with Crippen molar-refractivity contribution in [3.05, 3.63) is 64.0 Å². The smallest absolute Gasteiger partial charge is 0.226 e. The van der Waals surface area contributed by atoms with Gasteiger partial charge in [0.1, 0.15) is 17.8 Å². The molecule has 0 spiro atoms. The molecule has 2 aromatic rings. The topological polar surface area (TPSA) is 53.7 Å². The van der Waals surface area contributed by atoms with Crippen LogP contribution in [-0.2, 0) is 13.0 Å². The molecule has 0 aliphatic rings. The molecule has 0 bridgehead atoms. The summed E-state index contributed by atoms with van der Waals surface area (Å²) < 4.78 is 18.6. The Morgan fingerprint density at radius 3 is 2.80 bits per heavy atom. The van der Waals surface area contributed by atoms with Gasteiger partial charge in [-0.2, -0.15) is 0 Å². The summed E-state index contributed by atoms with van der Waals surface area (Å²) in [5.74, 6) is -0.149. The zero-order chi connectivity index (χ0) is 14.5. The summed E-state index contributed by atoms with van der Waals surface area (Å²) in [6, 6.07) is 7.91. The lowest BCUT2D eigenvalue weighted by molar-refractivity contribution is 0.289.